The van der Waals surface area contributed by atoms with Crippen molar-refractivity contribution in [3.63, 3.8) is 0 Å². The van der Waals surface area contributed by atoms with Crippen LogP contribution in [0.25, 0.3) is 0 Å². The topological polar surface area (TPSA) is 144 Å². The van der Waals surface area contributed by atoms with Gasteiger partial charge in [-0.25, -0.2) is 9.78 Å². The number of hydrogen-bond donors (Lipinski definition) is 5. The molecule has 0 radical (unpaired) electrons. The third kappa shape index (κ3) is 5.46. The zero-order chi connectivity index (χ0) is 25.9. The summed E-state index contributed by atoms with van der Waals surface area (Å²) in [5.74, 6) is 1.91. The van der Waals surface area contributed by atoms with Crippen LogP contribution in [0.5, 0.6) is 5.75 Å². The van der Waals surface area contributed by atoms with E-state index in [-0.39, 0.29) is 30.6 Å². The SMILES string of the molecule is COc1c(Nc2ncc(Cl)c(N[C@H]3[C@@H](OC(N)=O)[C@@H]4C=C[C@H]3C4)n2)ccc2c1CCC(NCCO)CC2. The number of nitrogens with one attached hydrogen (secondary N) is 3. The monoisotopic (exact) mass is 528 g/mol. The average Bonchev–Trinajstić information content (AvgIpc) is 3.41. The van der Waals surface area contributed by atoms with Crippen LogP contribution in [0.4, 0.5) is 22.2 Å². The van der Waals surface area contributed by atoms with Gasteiger partial charge in [-0.2, -0.15) is 4.98 Å². The minimum atomic E-state index is -0.792. The van der Waals surface area contributed by atoms with E-state index in [9.17, 15) is 4.79 Å². The first-order chi connectivity index (χ1) is 18.0. The molecule has 1 aromatic carbocycles. The van der Waals surface area contributed by atoms with Crippen molar-refractivity contribution < 1.29 is 19.4 Å². The second kappa shape index (κ2) is 11.1. The van der Waals surface area contributed by atoms with Crippen molar-refractivity contribution in [2.45, 2.75) is 50.3 Å². The molecule has 5 rings (SSSR count). The van der Waals surface area contributed by atoms with Gasteiger partial charge in [-0.3, -0.25) is 0 Å². The smallest absolute Gasteiger partial charge is 0.404 e. The number of anilines is 3. The Balaban J connectivity index is 1.34. The molecule has 1 amide bonds. The number of fused-ring (bicyclic) bond motifs is 3. The number of rotatable bonds is 9. The Morgan fingerprint density at radius 3 is 2.84 bits per heavy atom. The Morgan fingerprint density at radius 1 is 1.24 bits per heavy atom. The molecule has 198 valence electrons. The highest BCUT2D eigenvalue weighted by molar-refractivity contribution is 6.32. The third-order valence-corrected chi connectivity index (χ3v) is 7.82. The molecule has 1 aromatic heterocycles. The van der Waals surface area contributed by atoms with Gasteiger partial charge in [0, 0.05) is 24.4 Å². The molecule has 2 aromatic rings. The van der Waals surface area contributed by atoms with E-state index in [2.05, 4.69) is 44.1 Å². The zero-order valence-corrected chi connectivity index (χ0v) is 21.5. The number of aryl methyl sites for hydroxylation is 1. The number of aromatic nitrogens is 2. The fourth-order valence-electron chi connectivity index (χ4n) is 5.84. The molecule has 0 spiro atoms. The number of nitrogens with two attached hydrogens (primary N) is 1. The summed E-state index contributed by atoms with van der Waals surface area (Å²) in [4.78, 5) is 20.5. The van der Waals surface area contributed by atoms with Crippen LogP contribution < -0.4 is 26.4 Å². The number of hydrogen-bond acceptors (Lipinski definition) is 9. The van der Waals surface area contributed by atoms with Crippen LogP contribution >= 0.6 is 11.6 Å². The van der Waals surface area contributed by atoms with Crippen LogP contribution in [0.15, 0.2) is 30.5 Å². The fourth-order valence-corrected chi connectivity index (χ4v) is 5.99. The van der Waals surface area contributed by atoms with Crippen molar-refractivity contribution in [3.05, 3.63) is 46.6 Å². The molecule has 37 heavy (non-hydrogen) atoms. The van der Waals surface area contributed by atoms with E-state index in [0.29, 0.717) is 29.4 Å². The second-order valence-electron chi connectivity index (χ2n) is 9.77. The molecular formula is C26H33ClN6O4. The molecule has 3 aliphatic rings. The Hall–Kier alpha value is -3.08. The van der Waals surface area contributed by atoms with Crippen molar-refractivity contribution in [2.75, 3.05) is 30.9 Å². The number of methoxy groups -OCH3 is 1. The van der Waals surface area contributed by atoms with Gasteiger partial charge in [0.25, 0.3) is 0 Å². The van der Waals surface area contributed by atoms with Gasteiger partial charge < -0.3 is 36.3 Å². The molecule has 1 fully saturated rings. The maximum absolute atomic E-state index is 11.5. The number of carbonyl (C=O) groups is 1. The van der Waals surface area contributed by atoms with Crippen LogP contribution in [0.3, 0.4) is 0 Å². The number of carbonyl (C=O) groups excluding carboxylic acids is 1. The van der Waals surface area contributed by atoms with E-state index in [0.717, 1.165) is 43.5 Å². The molecule has 10 nitrogen and oxygen atoms in total. The van der Waals surface area contributed by atoms with E-state index in [4.69, 9.17) is 31.9 Å². The molecule has 1 heterocycles. The predicted molar refractivity (Wildman–Crippen MR) is 141 cm³/mol. The summed E-state index contributed by atoms with van der Waals surface area (Å²) in [5.41, 5.74) is 8.52. The number of amides is 1. The first-order valence-corrected chi connectivity index (χ1v) is 13.1. The van der Waals surface area contributed by atoms with Gasteiger partial charge in [-0.05, 0) is 49.3 Å². The molecule has 1 unspecified atom stereocenters. The Bertz CT molecular complexity index is 1180. The molecule has 3 aliphatic carbocycles. The van der Waals surface area contributed by atoms with Gasteiger partial charge in [0.1, 0.15) is 16.9 Å². The largest absolute Gasteiger partial charge is 0.494 e. The van der Waals surface area contributed by atoms with Crippen molar-refractivity contribution in [1.29, 1.82) is 0 Å². The molecule has 1 saturated carbocycles. The number of aliphatic hydroxyl groups excluding tert-OH is 1. The van der Waals surface area contributed by atoms with Crippen molar-refractivity contribution in [2.24, 2.45) is 17.6 Å². The van der Waals surface area contributed by atoms with Gasteiger partial charge in [0.05, 0.1) is 31.6 Å². The molecule has 6 N–H and O–H groups in total. The predicted octanol–water partition coefficient (Wildman–Crippen LogP) is 3.16. The lowest BCUT2D eigenvalue weighted by atomic mass is 9.98. The number of nitrogens with zero attached hydrogens (tertiary/aromatic N) is 2. The molecule has 0 aliphatic heterocycles. The minimum Gasteiger partial charge on any atom is -0.494 e. The fraction of sp³-hybridized carbons (Fsp3) is 0.500. The summed E-state index contributed by atoms with van der Waals surface area (Å²) in [7, 11) is 1.67. The lowest BCUT2D eigenvalue weighted by Crippen LogP contribution is -2.41. The lowest BCUT2D eigenvalue weighted by Gasteiger charge is -2.28. The van der Waals surface area contributed by atoms with E-state index >= 15 is 0 Å². The normalized spacial score (nSPS) is 25.9. The zero-order valence-electron chi connectivity index (χ0n) is 20.7. The van der Waals surface area contributed by atoms with Crippen LogP contribution in [0, 0.1) is 11.8 Å². The number of ether oxygens (including phenoxy) is 2. The van der Waals surface area contributed by atoms with Crippen molar-refractivity contribution in [1.82, 2.24) is 15.3 Å². The van der Waals surface area contributed by atoms with Gasteiger partial charge in [-0.15, -0.1) is 0 Å². The van der Waals surface area contributed by atoms with Gasteiger partial charge in [0.15, 0.2) is 5.82 Å². The summed E-state index contributed by atoms with van der Waals surface area (Å²) in [5, 5.41) is 19.6. The highest BCUT2D eigenvalue weighted by Gasteiger charge is 2.47. The summed E-state index contributed by atoms with van der Waals surface area (Å²) in [6, 6.07) is 4.28. The van der Waals surface area contributed by atoms with Gasteiger partial charge >= 0.3 is 6.09 Å². The molecule has 5 atom stereocenters. The number of aliphatic hydroxyl groups is 1. The second-order valence-corrected chi connectivity index (χ2v) is 10.2. The number of benzene rings is 1. The molecule has 2 bridgehead atoms. The Morgan fingerprint density at radius 2 is 2.05 bits per heavy atom. The lowest BCUT2D eigenvalue weighted by molar-refractivity contribution is 0.0853. The highest BCUT2D eigenvalue weighted by Crippen LogP contribution is 2.43. The quantitative estimate of drug-likeness (QED) is 0.245. The maximum atomic E-state index is 11.5. The highest BCUT2D eigenvalue weighted by atomic mass is 35.5. The first kappa shape index (κ1) is 25.6. The molecule has 11 heteroatoms. The summed E-state index contributed by atoms with van der Waals surface area (Å²) in [6.45, 7) is 0.736. The van der Waals surface area contributed by atoms with Crippen molar-refractivity contribution in [3.8, 4) is 5.75 Å². The van der Waals surface area contributed by atoms with E-state index in [1.807, 2.05) is 6.07 Å². The number of primary amides is 1. The van der Waals surface area contributed by atoms with Crippen LogP contribution in [0.2, 0.25) is 5.02 Å². The van der Waals surface area contributed by atoms with Crippen LogP contribution in [-0.2, 0) is 17.6 Å². The summed E-state index contributed by atoms with van der Waals surface area (Å²) >= 11 is 6.44. The third-order valence-electron chi connectivity index (χ3n) is 7.54. The molecule has 0 saturated heterocycles. The van der Waals surface area contributed by atoms with Gasteiger partial charge in [0.2, 0.25) is 5.95 Å². The summed E-state index contributed by atoms with van der Waals surface area (Å²) in [6.07, 6.45) is 9.22. The van der Waals surface area contributed by atoms with Crippen LogP contribution in [-0.4, -0.2) is 59.6 Å². The molecular weight excluding hydrogens is 496 g/mol. The maximum Gasteiger partial charge on any atom is 0.404 e. The van der Waals surface area contributed by atoms with Gasteiger partial charge in [-0.1, -0.05) is 29.8 Å². The Labute approximate surface area is 221 Å². The van der Waals surface area contributed by atoms with Crippen LogP contribution in [0.1, 0.15) is 30.4 Å². The van der Waals surface area contributed by atoms with Crippen molar-refractivity contribution >= 4 is 35.1 Å². The minimum absolute atomic E-state index is 0.121. The number of halogens is 1. The van der Waals surface area contributed by atoms with E-state index < -0.39 is 6.09 Å². The average molecular weight is 529 g/mol. The summed E-state index contributed by atoms with van der Waals surface area (Å²) < 4.78 is 11.3. The first-order valence-electron chi connectivity index (χ1n) is 12.7. The van der Waals surface area contributed by atoms with E-state index in [1.54, 1.807) is 13.3 Å². The van der Waals surface area contributed by atoms with E-state index in [1.165, 1.54) is 11.1 Å². The Kier molecular flexibility index (Phi) is 7.68. The standard InChI is InChI=1S/C26H33ClN6O4/c1-36-23-18-8-7-17(29-10-11-34)6-4-14(18)5-9-20(23)31-26-30-13-19(27)24(33-26)32-21-15-2-3-16(12-15)22(21)37-25(28)35/h2-3,5,9,13,15-17,21-22,29,34H,4,6-8,10-12H2,1H3,(H2,28,35)(H2,30,31,32,33)/t15-,16+,17?,21+,22-/m0/s1.